The van der Waals surface area contributed by atoms with Gasteiger partial charge in [-0.15, -0.1) is 0 Å². The van der Waals surface area contributed by atoms with Gasteiger partial charge in [0.1, 0.15) is 13.2 Å². The van der Waals surface area contributed by atoms with Crippen LogP contribution < -0.4 is 14.9 Å². The summed E-state index contributed by atoms with van der Waals surface area (Å²) in [6.45, 7) is 0.315. The molecule has 1 amide bonds. The van der Waals surface area contributed by atoms with Gasteiger partial charge in [0.2, 0.25) is 0 Å². The van der Waals surface area contributed by atoms with Crippen LogP contribution in [0.5, 0.6) is 11.5 Å². The number of ether oxygens (including phenoxy) is 3. The fraction of sp³-hybridized carbons (Fsp3) is 0.200. The molecule has 0 aromatic heterocycles. The lowest BCUT2D eigenvalue weighted by atomic mass is 10.2. The lowest BCUT2D eigenvalue weighted by molar-refractivity contribution is -0.124. The van der Waals surface area contributed by atoms with Crippen LogP contribution in [-0.4, -0.2) is 39.6 Å². The van der Waals surface area contributed by atoms with Gasteiger partial charge in [0, 0.05) is 12.7 Å². The van der Waals surface area contributed by atoms with Crippen molar-refractivity contribution >= 4 is 18.2 Å². The minimum Gasteiger partial charge on any atom is -0.493 e. The van der Waals surface area contributed by atoms with E-state index < -0.39 is 0 Å². The Morgan fingerprint density at radius 1 is 1.12 bits per heavy atom. The van der Waals surface area contributed by atoms with E-state index in [0.717, 1.165) is 5.56 Å². The number of methoxy groups -OCH3 is 2. The van der Waals surface area contributed by atoms with Gasteiger partial charge in [-0.25, -0.2) is 5.43 Å². The number of benzene rings is 2. The van der Waals surface area contributed by atoms with Gasteiger partial charge in [-0.3, -0.25) is 4.79 Å². The van der Waals surface area contributed by atoms with Crippen LogP contribution >= 0.6 is 0 Å². The minimum atomic E-state index is -0.333. The summed E-state index contributed by atoms with van der Waals surface area (Å²) >= 11 is 0. The Morgan fingerprint density at radius 3 is 2.65 bits per heavy atom. The van der Waals surface area contributed by atoms with Crippen LogP contribution in [-0.2, 0) is 9.53 Å². The molecule has 0 heterocycles. The standard InChI is InChI=1S/C20H22N2O4/c1-24-15-19(23)22-21-14-17-11-6-12-18(25-2)20(17)26-13-7-10-16-8-4-3-5-9-16/h3-12,14H,13,15H2,1-2H3,(H,22,23)/b10-7+,21-14-. The van der Waals surface area contributed by atoms with E-state index in [4.69, 9.17) is 14.2 Å². The quantitative estimate of drug-likeness (QED) is 0.555. The van der Waals surface area contributed by atoms with Crippen molar-refractivity contribution in [2.45, 2.75) is 0 Å². The van der Waals surface area contributed by atoms with Crippen LogP contribution in [0.4, 0.5) is 0 Å². The summed E-state index contributed by atoms with van der Waals surface area (Å²) < 4.78 is 15.9. The summed E-state index contributed by atoms with van der Waals surface area (Å²) in [6, 6.07) is 15.4. The van der Waals surface area contributed by atoms with Crippen molar-refractivity contribution in [1.29, 1.82) is 0 Å². The topological polar surface area (TPSA) is 69.2 Å². The third-order valence-electron chi connectivity index (χ3n) is 3.33. The smallest absolute Gasteiger partial charge is 0.266 e. The molecule has 0 bridgehead atoms. The number of hydrogen-bond acceptors (Lipinski definition) is 5. The van der Waals surface area contributed by atoms with Crippen molar-refractivity contribution in [1.82, 2.24) is 5.43 Å². The molecule has 0 aliphatic carbocycles. The Balaban J connectivity index is 2.04. The maximum atomic E-state index is 11.4. The SMILES string of the molecule is COCC(=O)N/N=C\c1cccc(OC)c1OC/C=C/c1ccccc1. The molecule has 0 aliphatic heterocycles. The Hall–Kier alpha value is -3.12. The maximum absolute atomic E-state index is 11.4. The molecule has 2 rings (SSSR count). The summed E-state index contributed by atoms with van der Waals surface area (Å²) in [4.78, 5) is 11.4. The lowest BCUT2D eigenvalue weighted by Crippen LogP contribution is -2.22. The zero-order valence-electron chi connectivity index (χ0n) is 14.8. The summed E-state index contributed by atoms with van der Waals surface area (Å²) in [5.74, 6) is 0.808. The van der Waals surface area contributed by atoms with Crippen LogP contribution in [0.3, 0.4) is 0 Å². The summed E-state index contributed by atoms with van der Waals surface area (Å²) in [7, 11) is 3.02. The second-order valence-corrected chi connectivity index (χ2v) is 5.23. The Kier molecular flexibility index (Phi) is 7.89. The molecule has 0 aliphatic rings. The van der Waals surface area contributed by atoms with Gasteiger partial charge in [-0.2, -0.15) is 5.10 Å². The average molecular weight is 354 g/mol. The molecule has 26 heavy (non-hydrogen) atoms. The van der Waals surface area contributed by atoms with E-state index in [2.05, 4.69) is 10.5 Å². The normalized spacial score (nSPS) is 11.0. The Bertz CT molecular complexity index is 758. The van der Waals surface area contributed by atoms with Crippen LogP contribution in [0.2, 0.25) is 0 Å². The zero-order chi connectivity index (χ0) is 18.6. The average Bonchev–Trinajstić information content (AvgIpc) is 2.67. The highest BCUT2D eigenvalue weighted by atomic mass is 16.5. The first-order chi connectivity index (χ1) is 12.7. The van der Waals surface area contributed by atoms with Crippen molar-refractivity contribution in [3.8, 4) is 11.5 Å². The molecule has 0 unspecified atom stereocenters. The monoisotopic (exact) mass is 354 g/mol. The number of para-hydroxylation sites is 1. The number of rotatable bonds is 9. The predicted octanol–water partition coefficient (Wildman–Crippen LogP) is 2.88. The third kappa shape index (κ3) is 6.07. The third-order valence-corrected chi connectivity index (χ3v) is 3.33. The molecular weight excluding hydrogens is 332 g/mol. The fourth-order valence-electron chi connectivity index (χ4n) is 2.17. The van der Waals surface area contributed by atoms with Crippen LogP contribution in [0.1, 0.15) is 11.1 Å². The number of carbonyl (C=O) groups is 1. The highest BCUT2D eigenvalue weighted by Crippen LogP contribution is 2.30. The fourth-order valence-corrected chi connectivity index (χ4v) is 2.17. The number of hydrogen-bond donors (Lipinski definition) is 1. The first kappa shape index (κ1) is 19.2. The van der Waals surface area contributed by atoms with E-state index >= 15 is 0 Å². The molecule has 2 aromatic carbocycles. The number of nitrogens with zero attached hydrogens (tertiary/aromatic N) is 1. The highest BCUT2D eigenvalue weighted by Gasteiger charge is 2.08. The van der Waals surface area contributed by atoms with Gasteiger partial charge in [0.25, 0.3) is 5.91 Å². The van der Waals surface area contributed by atoms with Gasteiger partial charge in [0.15, 0.2) is 11.5 Å². The second kappa shape index (κ2) is 10.7. The van der Waals surface area contributed by atoms with E-state index in [0.29, 0.717) is 23.7 Å². The zero-order valence-corrected chi connectivity index (χ0v) is 14.8. The van der Waals surface area contributed by atoms with Crippen molar-refractivity contribution < 1.29 is 19.0 Å². The van der Waals surface area contributed by atoms with Crippen LogP contribution in [0, 0.1) is 0 Å². The van der Waals surface area contributed by atoms with Crippen LogP contribution in [0.15, 0.2) is 59.7 Å². The molecule has 0 saturated carbocycles. The van der Waals surface area contributed by atoms with E-state index in [9.17, 15) is 4.79 Å². The van der Waals surface area contributed by atoms with Gasteiger partial charge in [-0.1, -0.05) is 42.5 Å². The van der Waals surface area contributed by atoms with Crippen LogP contribution in [0.25, 0.3) is 6.08 Å². The van der Waals surface area contributed by atoms with Gasteiger partial charge >= 0.3 is 0 Å². The Labute approximate surface area is 153 Å². The lowest BCUT2D eigenvalue weighted by Gasteiger charge is -2.11. The van der Waals surface area contributed by atoms with Crippen molar-refractivity contribution in [3.05, 3.63) is 65.7 Å². The summed E-state index contributed by atoms with van der Waals surface area (Å²) in [6.07, 6.45) is 5.41. The minimum absolute atomic E-state index is 0.0525. The van der Waals surface area contributed by atoms with E-state index in [1.165, 1.54) is 13.3 Å². The number of hydrazone groups is 1. The summed E-state index contributed by atoms with van der Waals surface area (Å²) in [5, 5.41) is 3.91. The molecule has 0 fully saturated rings. The Morgan fingerprint density at radius 2 is 1.92 bits per heavy atom. The molecule has 0 saturated heterocycles. The molecular formula is C20H22N2O4. The molecule has 6 nitrogen and oxygen atoms in total. The molecule has 0 radical (unpaired) electrons. The van der Waals surface area contributed by atoms with E-state index in [1.54, 1.807) is 13.2 Å². The molecule has 136 valence electrons. The summed E-state index contributed by atoms with van der Waals surface area (Å²) in [5.41, 5.74) is 4.17. The molecule has 1 N–H and O–H groups in total. The first-order valence-corrected chi connectivity index (χ1v) is 8.07. The van der Waals surface area contributed by atoms with E-state index in [1.807, 2.05) is 54.6 Å². The molecule has 2 aromatic rings. The largest absolute Gasteiger partial charge is 0.493 e. The first-order valence-electron chi connectivity index (χ1n) is 8.07. The van der Waals surface area contributed by atoms with Gasteiger partial charge in [-0.05, 0) is 23.8 Å². The van der Waals surface area contributed by atoms with E-state index in [-0.39, 0.29) is 12.5 Å². The molecule has 0 atom stereocenters. The van der Waals surface area contributed by atoms with Crippen molar-refractivity contribution in [2.24, 2.45) is 5.10 Å². The number of amides is 1. The van der Waals surface area contributed by atoms with Crippen molar-refractivity contribution in [2.75, 3.05) is 27.4 Å². The highest BCUT2D eigenvalue weighted by molar-refractivity contribution is 5.86. The van der Waals surface area contributed by atoms with Gasteiger partial charge < -0.3 is 14.2 Å². The molecule has 6 heteroatoms. The molecule has 0 spiro atoms. The predicted molar refractivity (Wildman–Crippen MR) is 102 cm³/mol. The second-order valence-electron chi connectivity index (χ2n) is 5.23. The number of nitrogens with one attached hydrogen (secondary N) is 1. The maximum Gasteiger partial charge on any atom is 0.266 e. The number of carbonyl (C=O) groups excluding carboxylic acids is 1. The van der Waals surface area contributed by atoms with Gasteiger partial charge in [0.05, 0.1) is 13.3 Å². The van der Waals surface area contributed by atoms with Crippen molar-refractivity contribution in [3.63, 3.8) is 0 Å².